The van der Waals surface area contributed by atoms with Crippen LogP contribution in [-0.2, 0) is 0 Å². The van der Waals surface area contributed by atoms with Crippen LogP contribution in [0.3, 0.4) is 0 Å². The second kappa shape index (κ2) is 15.3. The quantitative estimate of drug-likeness (QED) is 0.103. The lowest BCUT2D eigenvalue weighted by Crippen LogP contribution is -1.94. The van der Waals surface area contributed by atoms with Gasteiger partial charge >= 0.3 is 0 Å². The van der Waals surface area contributed by atoms with E-state index in [9.17, 15) is 9.59 Å². The van der Waals surface area contributed by atoms with Gasteiger partial charge in [-0.2, -0.15) is 0 Å². The molecule has 0 radical (unpaired) electrons. The van der Waals surface area contributed by atoms with Crippen LogP contribution in [0.2, 0.25) is 0 Å². The molecule has 0 atom stereocenters. The third-order valence-corrected chi connectivity index (χ3v) is 8.78. The monoisotopic (exact) mass is 654 g/mol. The van der Waals surface area contributed by atoms with E-state index in [4.69, 9.17) is 9.47 Å². The number of Topliss-reactive ketones (excluding diaryl/α,β-unsaturated/α-hetero) is 2. The van der Waals surface area contributed by atoms with E-state index in [1.807, 2.05) is 72.8 Å². The van der Waals surface area contributed by atoms with Crippen molar-refractivity contribution in [1.82, 2.24) is 0 Å². The fourth-order valence-electron chi connectivity index (χ4n) is 5.85. The van der Waals surface area contributed by atoms with E-state index in [0.29, 0.717) is 11.1 Å². The van der Waals surface area contributed by atoms with E-state index in [-0.39, 0.29) is 11.6 Å². The van der Waals surface area contributed by atoms with Gasteiger partial charge in [0.2, 0.25) is 0 Å². The molecule has 0 bridgehead atoms. The molecule has 50 heavy (non-hydrogen) atoms. The molecule has 0 unspecified atom stereocenters. The number of carbonyl (C=O) groups excluding carboxylic acids is 2. The summed E-state index contributed by atoms with van der Waals surface area (Å²) < 4.78 is 10.8. The van der Waals surface area contributed by atoms with Crippen molar-refractivity contribution in [3.05, 3.63) is 190 Å². The van der Waals surface area contributed by atoms with E-state index in [2.05, 4.69) is 84.9 Å². The summed E-state index contributed by atoms with van der Waals surface area (Å²) in [6.45, 7) is 3.16. The largest absolute Gasteiger partial charge is 0.497 e. The molecule has 0 saturated heterocycles. The first-order valence-corrected chi connectivity index (χ1v) is 16.5. The Hall–Kier alpha value is -6.26. The summed E-state index contributed by atoms with van der Waals surface area (Å²) >= 11 is 0. The van der Waals surface area contributed by atoms with E-state index >= 15 is 0 Å². The van der Waals surface area contributed by atoms with Crippen molar-refractivity contribution in [2.24, 2.45) is 0 Å². The number of ether oxygens (including phenoxy) is 2. The smallest absolute Gasteiger partial charge is 0.159 e. The van der Waals surface area contributed by atoms with Gasteiger partial charge in [-0.05, 0) is 106 Å². The number of rotatable bonds is 11. The maximum atomic E-state index is 11.9. The second-order valence-corrected chi connectivity index (χ2v) is 12.1. The Balaban J connectivity index is 1.29. The molecule has 0 aliphatic rings. The molecule has 0 fully saturated rings. The second-order valence-electron chi connectivity index (χ2n) is 12.1. The fraction of sp³-hybridized carbons (Fsp3) is 0.0870. The van der Waals surface area contributed by atoms with E-state index < -0.39 is 0 Å². The summed E-state index contributed by atoms with van der Waals surface area (Å²) in [5.74, 6) is 1.69. The molecule has 246 valence electrons. The predicted octanol–water partition coefficient (Wildman–Crippen LogP) is 11.0. The van der Waals surface area contributed by atoms with Gasteiger partial charge in [-0.3, -0.25) is 9.59 Å². The maximum absolute atomic E-state index is 11.9. The molecule has 0 heterocycles. The summed E-state index contributed by atoms with van der Waals surface area (Å²) in [5.41, 5.74) is 12.0. The molecule has 0 aliphatic heterocycles. The standard InChI is InChI=1S/C46H38O4/c1-31(47)35-13-17-39(18-14-35)45(41-21-25-43(49-3)26-22-41)29-33-5-9-37(10-6-33)38-11-7-34(8-12-38)30-46(42-23-27-44(50-4)28-24-42)40-19-15-36(16-20-40)32(2)48/h5-30H,1-4H3/b45-29-,46-30-. The first-order valence-electron chi connectivity index (χ1n) is 16.5. The minimum absolute atomic E-state index is 0.0456. The average molecular weight is 655 g/mol. The Morgan fingerprint density at radius 3 is 0.900 bits per heavy atom. The zero-order valence-corrected chi connectivity index (χ0v) is 28.6. The molecule has 0 aromatic heterocycles. The van der Waals surface area contributed by atoms with Crippen LogP contribution >= 0.6 is 0 Å². The van der Waals surface area contributed by atoms with Crippen molar-refractivity contribution in [3.63, 3.8) is 0 Å². The molecule has 0 aliphatic carbocycles. The van der Waals surface area contributed by atoms with Crippen LogP contribution in [0.4, 0.5) is 0 Å². The lowest BCUT2D eigenvalue weighted by molar-refractivity contribution is 0.100. The van der Waals surface area contributed by atoms with Gasteiger partial charge in [0.1, 0.15) is 11.5 Å². The summed E-state index contributed by atoms with van der Waals surface area (Å²) in [5, 5.41) is 0. The van der Waals surface area contributed by atoms with Crippen LogP contribution in [0, 0.1) is 0 Å². The molecule has 4 heteroatoms. The number of hydrogen-bond donors (Lipinski definition) is 0. The SMILES string of the molecule is COc1ccc(/C(=C\c2ccc(-c3ccc(/C=C(\c4ccc(OC)cc4)c4ccc(C(C)=O)cc4)cc3)cc2)c2ccc(C(C)=O)cc2)cc1. The van der Waals surface area contributed by atoms with Gasteiger partial charge in [-0.15, -0.1) is 0 Å². The number of carbonyl (C=O) groups is 2. The molecule has 6 aromatic rings. The Morgan fingerprint density at radius 1 is 0.380 bits per heavy atom. The van der Waals surface area contributed by atoms with Crippen molar-refractivity contribution in [2.75, 3.05) is 14.2 Å². The molecule has 4 nitrogen and oxygen atoms in total. The highest BCUT2D eigenvalue weighted by Crippen LogP contribution is 2.31. The minimum Gasteiger partial charge on any atom is -0.497 e. The van der Waals surface area contributed by atoms with Crippen LogP contribution in [0.25, 0.3) is 34.4 Å². The predicted molar refractivity (Wildman–Crippen MR) is 205 cm³/mol. The highest BCUT2D eigenvalue weighted by Gasteiger charge is 2.10. The highest BCUT2D eigenvalue weighted by molar-refractivity contribution is 5.97. The van der Waals surface area contributed by atoms with E-state index in [0.717, 1.165) is 67.2 Å². The van der Waals surface area contributed by atoms with Crippen molar-refractivity contribution in [3.8, 4) is 22.6 Å². The van der Waals surface area contributed by atoms with Gasteiger partial charge < -0.3 is 9.47 Å². The normalized spacial score (nSPS) is 11.6. The molecule has 0 N–H and O–H groups in total. The topological polar surface area (TPSA) is 52.6 Å². The van der Waals surface area contributed by atoms with Crippen LogP contribution in [0.5, 0.6) is 11.5 Å². The zero-order chi connectivity index (χ0) is 35.0. The van der Waals surface area contributed by atoms with Gasteiger partial charge in [0.15, 0.2) is 11.6 Å². The van der Waals surface area contributed by atoms with Gasteiger partial charge in [0.25, 0.3) is 0 Å². The average Bonchev–Trinajstić information content (AvgIpc) is 3.17. The maximum Gasteiger partial charge on any atom is 0.159 e. The Labute approximate surface area is 294 Å². The van der Waals surface area contributed by atoms with Crippen LogP contribution in [0.15, 0.2) is 146 Å². The molecule has 6 rings (SSSR count). The van der Waals surface area contributed by atoms with Crippen LogP contribution in [0.1, 0.15) is 67.9 Å². The first-order chi connectivity index (χ1) is 24.3. The van der Waals surface area contributed by atoms with Crippen molar-refractivity contribution in [1.29, 1.82) is 0 Å². The summed E-state index contributed by atoms with van der Waals surface area (Å²) in [6.07, 6.45) is 4.35. The van der Waals surface area contributed by atoms with E-state index in [1.165, 1.54) is 0 Å². The lowest BCUT2D eigenvalue weighted by atomic mass is 9.93. The third kappa shape index (κ3) is 7.88. The van der Waals surface area contributed by atoms with Crippen LogP contribution < -0.4 is 9.47 Å². The Bertz CT molecular complexity index is 1990. The summed E-state index contributed by atoms with van der Waals surface area (Å²) in [6, 6.07) is 48.6. The van der Waals surface area contributed by atoms with Crippen molar-refractivity contribution >= 4 is 34.9 Å². The summed E-state index contributed by atoms with van der Waals surface area (Å²) in [7, 11) is 3.32. The molecular weight excluding hydrogens is 617 g/mol. The fourth-order valence-corrected chi connectivity index (χ4v) is 5.85. The number of methoxy groups -OCH3 is 2. The Morgan fingerprint density at radius 2 is 0.640 bits per heavy atom. The Kier molecular flexibility index (Phi) is 10.3. The lowest BCUT2D eigenvalue weighted by Gasteiger charge is -2.12. The third-order valence-electron chi connectivity index (χ3n) is 8.78. The van der Waals surface area contributed by atoms with Gasteiger partial charge in [0, 0.05) is 11.1 Å². The summed E-state index contributed by atoms with van der Waals surface area (Å²) in [4.78, 5) is 23.8. The molecule has 0 saturated carbocycles. The van der Waals surface area contributed by atoms with Crippen LogP contribution in [-0.4, -0.2) is 25.8 Å². The number of hydrogen-bond acceptors (Lipinski definition) is 4. The highest BCUT2D eigenvalue weighted by atomic mass is 16.5. The molecular formula is C46H38O4. The number of ketones is 2. The van der Waals surface area contributed by atoms with Gasteiger partial charge in [-0.25, -0.2) is 0 Å². The minimum atomic E-state index is 0.0456. The first kappa shape index (κ1) is 33.6. The zero-order valence-electron chi connectivity index (χ0n) is 28.6. The van der Waals surface area contributed by atoms with Crippen molar-refractivity contribution < 1.29 is 19.1 Å². The molecule has 0 amide bonds. The molecule has 0 spiro atoms. The number of benzene rings is 6. The van der Waals surface area contributed by atoms with Gasteiger partial charge in [-0.1, -0.05) is 121 Å². The van der Waals surface area contributed by atoms with Crippen molar-refractivity contribution in [2.45, 2.75) is 13.8 Å². The van der Waals surface area contributed by atoms with E-state index in [1.54, 1.807) is 28.1 Å². The molecule has 6 aromatic carbocycles. The van der Waals surface area contributed by atoms with Gasteiger partial charge in [0.05, 0.1) is 14.2 Å².